The summed E-state index contributed by atoms with van der Waals surface area (Å²) < 4.78 is 22.4. The zero-order chi connectivity index (χ0) is 22.6. The molecular formula is C24H36N4O4. The van der Waals surface area contributed by atoms with Crippen LogP contribution in [0, 0.1) is 6.92 Å². The van der Waals surface area contributed by atoms with Crippen molar-refractivity contribution >= 4 is 11.6 Å². The van der Waals surface area contributed by atoms with E-state index in [0.717, 1.165) is 68.2 Å². The summed E-state index contributed by atoms with van der Waals surface area (Å²) in [5, 5.41) is 6.73. The summed E-state index contributed by atoms with van der Waals surface area (Å²) in [6.07, 6.45) is 0.855. The van der Waals surface area contributed by atoms with Crippen molar-refractivity contribution in [2.24, 2.45) is 4.99 Å². The molecule has 8 heteroatoms. The van der Waals surface area contributed by atoms with Crippen molar-refractivity contribution in [3.63, 3.8) is 0 Å². The van der Waals surface area contributed by atoms with Gasteiger partial charge in [-0.1, -0.05) is 6.07 Å². The number of guanidine groups is 1. The number of rotatable bonds is 11. The maximum absolute atomic E-state index is 5.96. The fourth-order valence-electron chi connectivity index (χ4n) is 3.59. The monoisotopic (exact) mass is 444 g/mol. The van der Waals surface area contributed by atoms with Gasteiger partial charge in [0.25, 0.3) is 0 Å². The number of anilines is 1. The molecule has 0 saturated carbocycles. The van der Waals surface area contributed by atoms with Crippen LogP contribution in [0.2, 0.25) is 0 Å². The third-order valence-corrected chi connectivity index (χ3v) is 5.20. The zero-order valence-corrected chi connectivity index (χ0v) is 19.4. The summed E-state index contributed by atoms with van der Waals surface area (Å²) in [5.74, 6) is 3.40. The Morgan fingerprint density at radius 2 is 2.03 bits per heavy atom. The molecule has 2 heterocycles. The molecule has 32 heavy (non-hydrogen) atoms. The van der Waals surface area contributed by atoms with Crippen molar-refractivity contribution in [2.45, 2.75) is 26.3 Å². The Bertz CT molecular complexity index is 833. The van der Waals surface area contributed by atoms with Crippen molar-refractivity contribution in [1.29, 1.82) is 0 Å². The van der Waals surface area contributed by atoms with Crippen molar-refractivity contribution < 1.29 is 18.6 Å². The van der Waals surface area contributed by atoms with Gasteiger partial charge in [0, 0.05) is 51.5 Å². The van der Waals surface area contributed by atoms with Crippen LogP contribution in [0.1, 0.15) is 30.9 Å². The molecule has 1 fully saturated rings. The normalized spacial score (nSPS) is 16.0. The zero-order valence-electron chi connectivity index (χ0n) is 19.4. The van der Waals surface area contributed by atoms with Gasteiger partial charge in [0.2, 0.25) is 0 Å². The molecule has 1 saturated heterocycles. The summed E-state index contributed by atoms with van der Waals surface area (Å²) in [7, 11) is 1.70. The smallest absolute Gasteiger partial charge is 0.195 e. The van der Waals surface area contributed by atoms with E-state index in [1.807, 2.05) is 37.3 Å². The predicted octanol–water partition coefficient (Wildman–Crippen LogP) is 3.45. The van der Waals surface area contributed by atoms with Gasteiger partial charge in [-0.2, -0.15) is 0 Å². The summed E-state index contributed by atoms with van der Waals surface area (Å²) in [6.45, 7) is 9.88. The minimum atomic E-state index is 0.0681. The fourth-order valence-corrected chi connectivity index (χ4v) is 3.59. The van der Waals surface area contributed by atoms with Gasteiger partial charge in [-0.25, -0.2) is 0 Å². The quantitative estimate of drug-likeness (QED) is 0.312. The molecule has 1 aromatic heterocycles. The van der Waals surface area contributed by atoms with E-state index in [4.69, 9.17) is 23.6 Å². The summed E-state index contributed by atoms with van der Waals surface area (Å²) in [4.78, 5) is 7.26. The molecule has 0 radical (unpaired) electrons. The largest absolute Gasteiger partial charge is 0.493 e. The second-order valence-electron chi connectivity index (χ2n) is 7.68. The molecule has 0 spiro atoms. The van der Waals surface area contributed by atoms with Crippen LogP contribution in [0.4, 0.5) is 5.69 Å². The van der Waals surface area contributed by atoms with Gasteiger partial charge in [0.15, 0.2) is 5.96 Å². The molecule has 1 aliphatic rings. The fraction of sp³-hybridized carbons (Fsp3) is 0.542. The van der Waals surface area contributed by atoms with Crippen LogP contribution in [0.25, 0.3) is 0 Å². The highest BCUT2D eigenvalue weighted by Gasteiger charge is 2.25. The van der Waals surface area contributed by atoms with Crippen molar-refractivity contribution in [3.05, 3.63) is 47.9 Å². The van der Waals surface area contributed by atoms with Crippen LogP contribution < -0.4 is 15.4 Å². The summed E-state index contributed by atoms with van der Waals surface area (Å²) in [5.41, 5.74) is 0.922. The third kappa shape index (κ3) is 7.55. The van der Waals surface area contributed by atoms with Crippen LogP contribution >= 0.6 is 0 Å². The number of morpholine rings is 1. The Morgan fingerprint density at radius 3 is 2.75 bits per heavy atom. The van der Waals surface area contributed by atoms with Gasteiger partial charge < -0.3 is 29.3 Å². The number of nitrogens with one attached hydrogen (secondary N) is 2. The van der Waals surface area contributed by atoms with Crippen LogP contribution in [-0.2, 0) is 9.47 Å². The molecule has 1 unspecified atom stereocenters. The van der Waals surface area contributed by atoms with E-state index in [1.54, 1.807) is 7.11 Å². The Hall–Kier alpha value is -2.55. The second kappa shape index (κ2) is 13.1. The molecule has 1 atom stereocenters. The minimum absolute atomic E-state index is 0.0681. The average molecular weight is 445 g/mol. The summed E-state index contributed by atoms with van der Waals surface area (Å²) in [6, 6.07) is 12.0. The number of nitrogens with zero attached hydrogens (tertiary/aromatic N) is 2. The number of hydrogen-bond acceptors (Lipinski definition) is 6. The maximum Gasteiger partial charge on any atom is 0.195 e. The van der Waals surface area contributed by atoms with Crippen LogP contribution in [0.5, 0.6) is 5.75 Å². The lowest BCUT2D eigenvalue weighted by Gasteiger charge is -2.32. The van der Waals surface area contributed by atoms with Gasteiger partial charge in [-0.3, -0.25) is 9.89 Å². The highest BCUT2D eigenvalue weighted by atomic mass is 16.5. The molecule has 3 rings (SSSR count). The lowest BCUT2D eigenvalue weighted by atomic mass is 10.1. The number of benzene rings is 1. The van der Waals surface area contributed by atoms with E-state index in [-0.39, 0.29) is 6.04 Å². The van der Waals surface area contributed by atoms with E-state index in [1.165, 1.54) is 0 Å². The Labute approximate surface area is 190 Å². The summed E-state index contributed by atoms with van der Waals surface area (Å²) >= 11 is 0. The lowest BCUT2D eigenvalue weighted by molar-refractivity contribution is 0.0135. The molecule has 8 nitrogen and oxygen atoms in total. The van der Waals surface area contributed by atoms with Crippen LogP contribution in [0.3, 0.4) is 0 Å². The Balaban J connectivity index is 1.68. The highest BCUT2D eigenvalue weighted by molar-refractivity contribution is 5.93. The topological polar surface area (TPSA) is 80.5 Å². The van der Waals surface area contributed by atoms with E-state index < -0.39 is 0 Å². The molecular weight excluding hydrogens is 408 g/mol. The van der Waals surface area contributed by atoms with E-state index in [0.29, 0.717) is 19.8 Å². The van der Waals surface area contributed by atoms with Gasteiger partial charge in [-0.15, -0.1) is 0 Å². The first-order valence-electron chi connectivity index (χ1n) is 11.3. The Morgan fingerprint density at radius 1 is 1.19 bits per heavy atom. The number of methoxy groups -OCH3 is 1. The predicted molar refractivity (Wildman–Crippen MR) is 127 cm³/mol. The number of hydrogen-bond donors (Lipinski definition) is 2. The molecule has 0 amide bonds. The number of ether oxygens (including phenoxy) is 3. The lowest BCUT2D eigenvalue weighted by Crippen LogP contribution is -2.40. The van der Waals surface area contributed by atoms with E-state index in [2.05, 4.69) is 28.5 Å². The Kier molecular flexibility index (Phi) is 9.87. The molecule has 2 N–H and O–H groups in total. The standard InChI is InChI=1S/C24H36N4O4/c1-4-25-24(27-20-7-5-8-21(17-20)31-14-6-13-29-3)26-18-22(23-10-9-19(2)32-23)28-11-15-30-16-12-28/h5,7-10,17,22H,4,6,11-16,18H2,1-3H3,(H2,25,26,27). The highest BCUT2D eigenvalue weighted by Crippen LogP contribution is 2.24. The molecule has 1 aliphatic heterocycles. The maximum atomic E-state index is 5.96. The minimum Gasteiger partial charge on any atom is -0.493 e. The van der Waals surface area contributed by atoms with Crippen molar-refractivity contribution in [3.8, 4) is 5.75 Å². The molecule has 2 aromatic rings. The molecule has 0 bridgehead atoms. The van der Waals surface area contributed by atoms with Gasteiger partial charge in [0.05, 0.1) is 32.4 Å². The average Bonchev–Trinajstić information content (AvgIpc) is 3.24. The van der Waals surface area contributed by atoms with E-state index in [9.17, 15) is 0 Å². The van der Waals surface area contributed by atoms with Gasteiger partial charge in [-0.05, 0) is 38.1 Å². The van der Waals surface area contributed by atoms with Crippen LogP contribution in [0.15, 0.2) is 45.8 Å². The van der Waals surface area contributed by atoms with Gasteiger partial charge in [0.1, 0.15) is 17.3 Å². The first-order valence-corrected chi connectivity index (χ1v) is 11.3. The number of aliphatic imine (C=N–C) groups is 1. The van der Waals surface area contributed by atoms with Crippen molar-refractivity contribution in [1.82, 2.24) is 10.2 Å². The SMILES string of the molecule is CCNC(=NCC(c1ccc(C)o1)N1CCOCC1)Nc1cccc(OCCCOC)c1. The second-order valence-corrected chi connectivity index (χ2v) is 7.68. The third-order valence-electron chi connectivity index (χ3n) is 5.20. The molecule has 1 aromatic carbocycles. The first-order chi connectivity index (χ1) is 15.7. The van der Waals surface area contributed by atoms with Crippen molar-refractivity contribution in [2.75, 3.05) is 65.0 Å². The molecule has 176 valence electrons. The molecule has 0 aliphatic carbocycles. The number of furan rings is 1. The first kappa shape index (κ1) is 24.1. The van der Waals surface area contributed by atoms with Crippen LogP contribution in [-0.4, -0.2) is 70.6 Å². The van der Waals surface area contributed by atoms with E-state index >= 15 is 0 Å². The number of aryl methyl sites for hydroxylation is 1. The van der Waals surface area contributed by atoms with Gasteiger partial charge >= 0.3 is 0 Å².